The first kappa shape index (κ1) is 11.2. The second-order valence-electron chi connectivity index (χ2n) is 3.42. The fourth-order valence-corrected chi connectivity index (χ4v) is 1.44. The maximum Gasteiger partial charge on any atom is 0.141 e. The molecule has 0 aromatic heterocycles. The van der Waals surface area contributed by atoms with Gasteiger partial charge in [0.25, 0.3) is 0 Å². The fraction of sp³-hybridized carbons (Fsp3) is 0.455. The fourth-order valence-electron chi connectivity index (χ4n) is 1.29. The van der Waals surface area contributed by atoms with E-state index < -0.39 is 0 Å². The molecule has 0 spiro atoms. The summed E-state index contributed by atoms with van der Waals surface area (Å²) in [7, 11) is 1.66. The van der Waals surface area contributed by atoms with Crippen LogP contribution in [0.15, 0.2) is 18.2 Å². The van der Waals surface area contributed by atoms with Gasteiger partial charge in [0.05, 0.1) is 18.8 Å². The van der Waals surface area contributed by atoms with Crippen LogP contribution in [0.2, 0.25) is 0 Å². The van der Waals surface area contributed by atoms with Gasteiger partial charge in [0, 0.05) is 0 Å². The predicted molar refractivity (Wildman–Crippen MR) is 61.4 cm³/mol. The van der Waals surface area contributed by atoms with Crippen molar-refractivity contribution in [1.82, 2.24) is 0 Å². The standard InChI is InChI=1S/C11H16ClNO/c1-8(2)9-4-5-11(14-3)10(6-9)13-7-12/h4-6,8,13H,7H2,1-3H3. The maximum absolute atomic E-state index is 5.63. The molecule has 1 aromatic carbocycles. The first-order chi connectivity index (χ1) is 6.69. The van der Waals surface area contributed by atoms with Crippen LogP contribution in [0.4, 0.5) is 5.69 Å². The summed E-state index contributed by atoms with van der Waals surface area (Å²) < 4.78 is 5.21. The third kappa shape index (κ3) is 2.55. The molecule has 0 amide bonds. The molecule has 2 nitrogen and oxygen atoms in total. The second-order valence-corrected chi connectivity index (χ2v) is 3.69. The molecule has 0 aliphatic rings. The first-order valence-electron chi connectivity index (χ1n) is 4.66. The molecule has 0 radical (unpaired) electrons. The highest BCUT2D eigenvalue weighted by Gasteiger charge is 2.05. The van der Waals surface area contributed by atoms with Crippen molar-refractivity contribution in [2.45, 2.75) is 19.8 Å². The van der Waals surface area contributed by atoms with Crippen LogP contribution < -0.4 is 10.1 Å². The molecule has 0 saturated heterocycles. The van der Waals surface area contributed by atoms with Crippen molar-refractivity contribution in [3.8, 4) is 5.75 Å². The SMILES string of the molecule is COc1ccc(C(C)C)cc1NCCl. The van der Waals surface area contributed by atoms with E-state index in [4.69, 9.17) is 16.3 Å². The molecule has 1 N–H and O–H groups in total. The molecule has 0 aliphatic carbocycles. The van der Waals surface area contributed by atoms with Gasteiger partial charge in [-0.15, -0.1) is 11.6 Å². The second kappa shape index (κ2) is 5.11. The average molecular weight is 214 g/mol. The first-order valence-corrected chi connectivity index (χ1v) is 5.20. The van der Waals surface area contributed by atoms with E-state index in [1.54, 1.807) is 7.11 Å². The highest BCUT2D eigenvalue weighted by molar-refractivity contribution is 6.18. The van der Waals surface area contributed by atoms with Gasteiger partial charge in [0.15, 0.2) is 0 Å². The lowest BCUT2D eigenvalue weighted by atomic mass is 10.0. The Hall–Kier alpha value is -0.890. The van der Waals surface area contributed by atoms with Gasteiger partial charge in [-0.2, -0.15) is 0 Å². The number of anilines is 1. The molecule has 1 aromatic rings. The number of rotatable bonds is 4. The van der Waals surface area contributed by atoms with Crippen LogP contribution in [-0.2, 0) is 0 Å². The number of benzene rings is 1. The summed E-state index contributed by atoms with van der Waals surface area (Å²) >= 11 is 5.63. The van der Waals surface area contributed by atoms with E-state index in [-0.39, 0.29) is 0 Å². The number of hydrogen-bond acceptors (Lipinski definition) is 2. The van der Waals surface area contributed by atoms with Crippen molar-refractivity contribution in [3.63, 3.8) is 0 Å². The summed E-state index contributed by atoms with van der Waals surface area (Å²) in [6.45, 7) is 4.32. The smallest absolute Gasteiger partial charge is 0.141 e. The Bertz CT molecular complexity index is 299. The molecule has 0 heterocycles. The van der Waals surface area contributed by atoms with Gasteiger partial charge in [-0.25, -0.2) is 0 Å². The summed E-state index contributed by atoms with van der Waals surface area (Å²) in [5.74, 6) is 1.34. The number of ether oxygens (including phenoxy) is 1. The summed E-state index contributed by atoms with van der Waals surface area (Å²) in [4.78, 5) is 0. The highest BCUT2D eigenvalue weighted by atomic mass is 35.5. The van der Waals surface area contributed by atoms with Crippen molar-refractivity contribution in [2.75, 3.05) is 18.4 Å². The van der Waals surface area contributed by atoms with Crippen LogP contribution in [-0.4, -0.2) is 13.1 Å². The van der Waals surface area contributed by atoms with Gasteiger partial charge in [-0.3, -0.25) is 0 Å². The highest BCUT2D eigenvalue weighted by Crippen LogP contribution is 2.28. The van der Waals surface area contributed by atoms with Crippen LogP contribution in [0, 0.1) is 0 Å². The molecule has 0 fully saturated rings. The van der Waals surface area contributed by atoms with Crippen LogP contribution >= 0.6 is 11.6 Å². The van der Waals surface area contributed by atoms with Crippen molar-refractivity contribution in [2.24, 2.45) is 0 Å². The normalized spacial score (nSPS) is 10.4. The Morgan fingerprint density at radius 1 is 1.43 bits per heavy atom. The number of hydrogen-bond donors (Lipinski definition) is 1. The molecule has 1 rings (SSSR count). The van der Waals surface area contributed by atoms with E-state index in [1.165, 1.54) is 5.56 Å². The van der Waals surface area contributed by atoms with E-state index in [2.05, 4.69) is 31.3 Å². The van der Waals surface area contributed by atoms with Crippen LogP contribution in [0.25, 0.3) is 0 Å². The van der Waals surface area contributed by atoms with Crippen molar-refractivity contribution >= 4 is 17.3 Å². The van der Waals surface area contributed by atoms with Crippen molar-refractivity contribution < 1.29 is 4.74 Å². The summed E-state index contributed by atoms with van der Waals surface area (Å²) in [6.07, 6.45) is 0. The molecule has 3 heteroatoms. The molecule has 78 valence electrons. The van der Waals surface area contributed by atoms with Gasteiger partial charge < -0.3 is 10.1 Å². The third-order valence-electron chi connectivity index (χ3n) is 2.15. The Labute approximate surface area is 90.2 Å². The van der Waals surface area contributed by atoms with E-state index >= 15 is 0 Å². The minimum atomic E-state index is 0.387. The van der Waals surface area contributed by atoms with Gasteiger partial charge in [-0.05, 0) is 23.6 Å². The molecule has 0 atom stereocenters. The van der Waals surface area contributed by atoms with Gasteiger partial charge in [0.1, 0.15) is 5.75 Å². The Morgan fingerprint density at radius 3 is 2.64 bits per heavy atom. The molecule has 0 bridgehead atoms. The van der Waals surface area contributed by atoms with Crippen LogP contribution in [0.5, 0.6) is 5.75 Å². The lowest BCUT2D eigenvalue weighted by Gasteiger charge is -2.12. The zero-order chi connectivity index (χ0) is 10.6. The molecule has 14 heavy (non-hydrogen) atoms. The third-order valence-corrected chi connectivity index (χ3v) is 2.28. The van der Waals surface area contributed by atoms with E-state index in [0.29, 0.717) is 11.9 Å². The predicted octanol–water partition coefficient (Wildman–Crippen LogP) is 3.43. The molecule has 0 aliphatic heterocycles. The van der Waals surface area contributed by atoms with Gasteiger partial charge in [0.2, 0.25) is 0 Å². The average Bonchev–Trinajstić information content (AvgIpc) is 2.18. The number of halogens is 1. The zero-order valence-corrected chi connectivity index (χ0v) is 9.56. The summed E-state index contributed by atoms with van der Waals surface area (Å²) in [6, 6.07) is 6.50. The lowest BCUT2D eigenvalue weighted by Crippen LogP contribution is -1.99. The molecule has 0 unspecified atom stereocenters. The lowest BCUT2D eigenvalue weighted by molar-refractivity contribution is 0.416. The molecular formula is C11H16ClNO. The molecular weight excluding hydrogens is 198 g/mol. The topological polar surface area (TPSA) is 21.3 Å². The van der Waals surface area contributed by atoms with Crippen molar-refractivity contribution in [1.29, 1.82) is 0 Å². The maximum atomic E-state index is 5.63. The minimum absolute atomic E-state index is 0.387. The van der Waals surface area contributed by atoms with Gasteiger partial charge in [-0.1, -0.05) is 19.9 Å². The quantitative estimate of drug-likeness (QED) is 0.611. The number of methoxy groups -OCH3 is 1. The summed E-state index contributed by atoms with van der Waals surface area (Å²) in [5, 5.41) is 3.06. The Balaban J connectivity index is 3.01. The number of alkyl halides is 1. The largest absolute Gasteiger partial charge is 0.495 e. The van der Waals surface area contributed by atoms with Crippen molar-refractivity contribution in [3.05, 3.63) is 23.8 Å². The van der Waals surface area contributed by atoms with E-state index in [1.807, 2.05) is 6.07 Å². The summed E-state index contributed by atoms with van der Waals surface area (Å²) in [5.41, 5.74) is 2.23. The Morgan fingerprint density at radius 2 is 2.14 bits per heavy atom. The Kier molecular flexibility index (Phi) is 4.08. The zero-order valence-electron chi connectivity index (χ0n) is 8.80. The molecule has 0 saturated carbocycles. The van der Waals surface area contributed by atoms with Gasteiger partial charge >= 0.3 is 0 Å². The van der Waals surface area contributed by atoms with E-state index in [9.17, 15) is 0 Å². The monoisotopic (exact) mass is 213 g/mol. The van der Waals surface area contributed by atoms with Crippen LogP contribution in [0.3, 0.4) is 0 Å². The number of nitrogens with one attached hydrogen (secondary N) is 1. The van der Waals surface area contributed by atoms with E-state index in [0.717, 1.165) is 11.4 Å². The van der Waals surface area contributed by atoms with Crippen LogP contribution in [0.1, 0.15) is 25.3 Å². The minimum Gasteiger partial charge on any atom is -0.495 e.